The Bertz CT molecular complexity index is 702. The van der Waals surface area contributed by atoms with Crippen molar-refractivity contribution in [2.75, 3.05) is 19.5 Å². The van der Waals surface area contributed by atoms with Gasteiger partial charge in [-0.05, 0) is 19.1 Å². The predicted octanol–water partition coefficient (Wildman–Crippen LogP) is 2.92. The molecule has 0 fully saturated rings. The third-order valence-electron chi connectivity index (χ3n) is 2.95. The fourth-order valence-corrected chi connectivity index (χ4v) is 2.74. The lowest BCUT2D eigenvalue weighted by Crippen LogP contribution is -2.12. The van der Waals surface area contributed by atoms with Crippen LogP contribution >= 0.6 is 11.3 Å². The average molecular weight is 320 g/mol. The molecular weight excluding hydrogens is 304 g/mol. The van der Waals surface area contributed by atoms with Crippen molar-refractivity contribution in [2.24, 2.45) is 0 Å². The standard InChI is InChI=1S/C15H16N2O4S/c1-8-13(9(2)18)22-15(16-8)17-14(19)10-5-11(20-3)7-12(6-10)21-4/h5-7H,1-4H3,(H,16,17,19). The van der Waals surface area contributed by atoms with Crippen LogP contribution in [0.5, 0.6) is 11.5 Å². The summed E-state index contributed by atoms with van der Waals surface area (Å²) in [4.78, 5) is 28.5. The van der Waals surface area contributed by atoms with E-state index in [9.17, 15) is 9.59 Å². The number of aromatic nitrogens is 1. The van der Waals surface area contributed by atoms with Gasteiger partial charge < -0.3 is 9.47 Å². The minimum Gasteiger partial charge on any atom is -0.497 e. The summed E-state index contributed by atoms with van der Waals surface area (Å²) in [5.74, 6) is 0.619. The van der Waals surface area contributed by atoms with E-state index in [0.717, 1.165) is 11.3 Å². The molecule has 1 amide bonds. The quantitative estimate of drug-likeness (QED) is 0.857. The number of nitrogens with one attached hydrogen (secondary N) is 1. The lowest BCUT2D eigenvalue weighted by atomic mass is 10.2. The highest BCUT2D eigenvalue weighted by atomic mass is 32.1. The first-order chi connectivity index (χ1) is 10.4. The number of Topliss-reactive ketones (excluding diaryl/α,β-unsaturated/α-hetero) is 1. The van der Waals surface area contributed by atoms with Crippen molar-refractivity contribution >= 4 is 28.2 Å². The number of ether oxygens (including phenoxy) is 2. The molecular formula is C15H16N2O4S. The first-order valence-electron chi connectivity index (χ1n) is 6.47. The molecule has 2 rings (SSSR count). The number of carbonyl (C=O) groups excluding carboxylic acids is 2. The zero-order chi connectivity index (χ0) is 16.3. The molecule has 0 saturated carbocycles. The van der Waals surface area contributed by atoms with Crippen LogP contribution in [0, 0.1) is 6.92 Å². The van der Waals surface area contributed by atoms with Crippen molar-refractivity contribution < 1.29 is 19.1 Å². The van der Waals surface area contributed by atoms with Crippen molar-refractivity contribution in [2.45, 2.75) is 13.8 Å². The van der Waals surface area contributed by atoms with Gasteiger partial charge in [-0.15, -0.1) is 0 Å². The zero-order valence-electron chi connectivity index (χ0n) is 12.7. The van der Waals surface area contributed by atoms with Gasteiger partial charge in [-0.25, -0.2) is 4.98 Å². The number of benzene rings is 1. The SMILES string of the molecule is COc1cc(OC)cc(C(=O)Nc2nc(C)c(C(C)=O)s2)c1. The Kier molecular flexibility index (Phi) is 4.77. The molecule has 1 aromatic carbocycles. The number of aryl methyl sites for hydroxylation is 1. The van der Waals surface area contributed by atoms with Crippen LogP contribution in [0.15, 0.2) is 18.2 Å². The fourth-order valence-electron chi connectivity index (χ4n) is 1.88. The van der Waals surface area contributed by atoms with Crippen LogP contribution in [0.25, 0.3) is 0 Å². The minimum atomic E-state index is -0.346. The van der Waals surface area contributed by atoms with E-state index in [1.165, 1.54) is 21.1 Å². The molecule has 0 atom stereocenters. The normalized spacial score (nSPS) is 10.2. The summed E-state index contributed by atoms with van der Waals surface area (Å²) in [6.07, 6.45) is 0. The highest BCUT2D eigenvalue weighted by molar-refractivity contribution is 7.17. The van der Waals surface area contributed by atoms with Gasteiger partial charge >= 0.3 is 0 Å². The molecule has 0 aliphatic rings. The number of nitrogens with zero attached hydrogens (tertiary/aromatic N) is 1. The number of ketones is 1. The fraction of sp³-hybridized carbons (Fsp3) is 0.267. The number of carbonyl (C=O) groups is 2. The molecule has 116 valence electrons. The lowest BCUT2D eigenvalue weighted by Gasteiger charge is -2.08. The van der Waals surface area contributed by atoms with Gasteiger partial charge in [0.25, 0.3) is 5.91 Å². The van der Waals surface area contributed by atoms with Crippen LogP contribution in [0.1, 0.15) is 32.6 Å². The van der Waals surface area contributed by atoms with E-state index in [1.54, 1.807) is 25.1 Å². The van der Waals surface area contributed by atoms with E-state index in [2.05, 4.69) is 10.3 Å². The van der Waals surface area contributed by atoms with Crippen LogP contribution in [0.2, 0.25) is 0 Å². The van der Waals surface area contributed by atoms with Crippen molar-refractivity contribution in [3.8, 4) is 11.5 Å². The second kappa shape index (κ2) is 6.57. The van der Waals surface area contributed by atoms with Crippen LogP contribution in [-0.2, 0) is 0 Å². The Balaban J connectivity index is 2.25. The maximum absolute atomic E-state index is 12.3. The first kappa shape index (κ1) is 16.0. The smallest absolute Gasteiger partial charge is 0.257 e. The molecule has 22 heavy (non-hydrogen) atoms. The number of rotatable bonds is 5. The van der Waals surface area contributed by atoms with Gasteiger partial charge in [0.2, 0.25) is 0 Å². The minimum absolute atomic E-state index is 0.0708. The summed E-state index contributed by atoms with van der Waals surface area (Å²) >= 11 is 1.16. The molecule has 2 aromatic rings. The summed E-state index contributed by atoms with van der Waals surface area (Å²) in [6, 6.07) is 4.88. The number of thiazole rings is 1. The lowest BCUT2D eigenvalue weighted by molar-refractivity contribution is 0.101. The topological polar surface area (TPSA) is 77.5 Å². The third kappa shape index (κ3) is 3.43. The Hall–Kier alpha value is -2.41. The molecule has 0 radical (unpaired) electrons. The summed E-state index contributed by atoms with van der Waals surface area (Å²) in [5.41, 5.74) is 0.990. The average Bonchev–Trinajstić information content (AvgIpc) is 2.87. The van der Waals surface area contributed by atoms with Crippen molar-refractivity contribution in [3.63, 3.8) is 0 Å². The van der Waals surface area contributed by atoms with Crippen LogP contribution in [0.4, 0.5) is 5.13 Å². The molecule has 0 saturated heterocycles. The third-order valence-corrected chi connectivity index (χ3v) is 4.12. The molecule has 0 aliphatic carbocycles. The largest absolute Gasteiger partial charge is 0.497 e. The van der Waals surface area contributed by atoms with Gasteiger partial charge in [0.15, 0.2) is 10.9 Å². The van der Waals surface area contributed by atoms with Crippen LogP contribution in [0.3, 0.4) is 0 Å². The molecule has 1 N–H and O–H groups in total. The molecule has 0 unspecified atom stereocenters. The molecule has 1 aromatic heterocycles. The molecule has 6 nitrogen and oxygen atoms in total. The Morgan fingerprint density at radius 2 is 1.73 bits per heavy atom. The van der Waals surface area contributed by atoms with E-state index < -0.39 is 0 Å². The summed E-state index contributed by atoms with van der Waals surface area (Å²) in [5, 5.41) is 3.07. The number of amides is 1. The summed E-state index contributed by atoms with van der Waals surface area (Å²) in [6.45, 7) is 3.20. The van der Waals surface area contributed by atoms with Crippen molar-refractivity contribution in [1.82, 2.24) is 4.98 Å². The van der Waals surface area contributed by atoms with Gasteiger partial charge in [0, 0.05) is 18.6 Å². The van der Waals surface area contributed by atoms with E-state index in [-0.39, 0.29) is 11.7 Å². The van der Waals surface area contributed by atoms with Crippen molar-refractivity contribution in [1.29, 1.82) is 0 Å². The Morgan fingerprint density at radius 1 is 1.14 bits per heavy atom. The van der Waals surface area contributed by atoms with E-state index in [1.807, 2.05) is 0 Å². The molecule has 0 aliphatic heterocycles. The summed E-state index contributed by atoms with van der Waals surface area (Å²) in [7, 11) is 3.03. The second-order valence-corrected chi connectivity index (χ2v) is 5.54. The van der Waals surface area contributed by atoms with Crippen LogP contribution in [-0.4, -0.2) is 30.9 Å². The molecule has 0 spiro atoms. The second-order valence-electron chi connectivity index (χ2n) is 4.55. The van der Waals surface area contributed by atoms with E-state index in [4.69, 9.17) is 9.47 Å². The summed E-state index contributed by atoms with van der Waals surface area (Å²) < 4.78 is 10.3. The number of anilines is 1. The number of hydrogen-bond donors (Lipinski definition) is 1. The zero-order valence-corrected chi connectivity index (χ0v) is 13.5. The van der Waals surface area contributed by atoms with Gasteiger partial charge in [-0.1, -0.05) is 11.3 Å². The highest BCUT2D eigenvalue weighted by Crippen LogP contribution is 2.26. The van der Waals surface area contributed by atoms with E-state index in [0.29, 0.717) is 32.8 Å². The Labute approximate surface area is 132 Å². The van der Waals surface area contributed by atoms with Gasteiger partial charge in [0.1, 0.15) is 11.5 Å². The maximum atomic E-state index is 12.3. The molecule has 1 heterocycles. The van der Waals surface area contributed by atoms with Crippen LogP contribution < -0.4 is 14.8 Å². The highest BCUT2D eigenvalue weighted by Gasteiger charge is 2.15. The predicted molar refractivity (Wildman–Crippen MR) is 84.4 cm³/mol. The van der Waals surface area contributed by atoms with Crippen molar-refractivity contribution in [3.05, 3.63) is 34.3 Å². The van der Waals surface area contributed by atoms with Gasteiger partial charge in [-0.2, -0.15) is 0 Å². The maximum Gasteiger partial charge on any atom is 0.257 e. The number of methoxy groups -OCH3 is 2. The molecule has 0 bridgehead atoms. The molecule has 7 heteroatoms. The first-order valence-corrected chi connectivity index (χ1v) is 7.29. The Morgan fingerprint density at radius 3 is 2.18 bits per heavy atom. The monoisotopic (exact) mass is 320 g/mol. The van der Waals surface area contributed by atoms with Gasteiger partial charge in [-0.3, -0.25) is 14.9 Å². The van der Waals surface area contributed by atoms with E-state index >= 15 is 0 Å². The number of hydrogen-bond acceptors (Lipinski definition) is 6. The van der Waals surface area contributed by atoms with Gasteiger partial charge in [0.05, 0.1) is 24.8 Å².